The molecule has 0 aliphatic heterocycles. The molecule has 9 heteroatoms. The Hall–Kier alpha value is -3.01. The summed E-state index contributed by atoms with van der Waals surface area (Å²) in [4.78, 5) is 0.600. The van der Waals surface area contributed by atoms with Gasteiger partial charge in [0.1, 0.15) is 5.75 Å². The van der Waals surface area contributed by atoms with Crippen LogP contribution in [0.4, 0.5) is 0 Å². The monoisotopic (exact) mass is 441 g/mol. The predicted octanol–water partition coefficient (Wildman–Crippen LogP) is 3.77. The van der Waals surface area contributed by atoms with Crippen molar-refractivity contribution >= 4 is 48.7 Å². The molecule has 0 saturated carbocycles. The number of fused-ring (bicyclic) bond motifs is 2. The third kappa shape index (κ3) is 4.43. The van der Waals surface area contributed by atoms with Crippen molar-refractivity contribution in [2.24, 2.45) is 10.2 Å². The van der Waals surface area contributed by atoms with Crippen molar-refractivity contribution in [3.05, 3.63) is 71.0 Å². The topological polar surface area (TPSA) is 104 Å². The summed E-state index contributed by atoms with van der Waals surface area (Å²) in [7, 11) is -4.02. The van der Waals surface area contributed by atoms with Crippen LogP contribution in [0.2, 0.25) is 0 Å². The average molecular weight is 442 g/mol. The van der Waals surface area contributed by atoms with Gasteiger partial charge in [0.15, 0.2) is 0 Å². The standard InChI is InChI=1S/C21H19N3O4S2/c25-19-11-10-15-6-1-2-7-16(15)17(19)14-22-23-21-24(12-5-13-30(26,27)28)18-8-3-4-9-20(18)29-21/h1-4,6-11,14,25H,5,12-13H2,(H,26,27,28)/b22-14-,23-21-. The molecule has 154 valence electrons. The third-order valence-electron chi connectivity index (χ3n) is 4.65. The first-order valence-electron chi connectivity index (χ1n) is 9.24. The van der Waals surface area contributed by atoms with Gasteiger partial charge in [0, 0.05) is 12.1 Å². The largest absolute Gasteiger partial charge is 0.507 e. The van der Waals surface area contributed by atoms with Gasteiger partial charge in [-0.2, -0.15) is 13.5 Å². The maximum atomic E-state index is 11.1. The van der Waals surface area contributed by atoms with E-state index in [1.54, 1.807) is 6.07 Å². The first-order valence-corrected chi connectivity index (χ1v) is 11.7. The molecule has 0 aliphatic carbocycles. The SMILES string of the molecule is O=S(=O)(O)CCCn1/c(=N/N=C\c2c(O)ccc3ccccc23)sc2ccccc21. The molecule has 30 heavy (non-hydrogen) atoms. The Kier molecular flexibility index (Phi) is 5.67. The van der Waals surface area contributed by atoms with Gasteiger partial charge in [0.2, 0.25) is 4.80 Å². The molecule has 0 saturated heterocycles. The molecule has 0 fully saturated rings. The van der Waals surface area contributed by atoms with Gasteiger partial charge >= 0.3 is 0 Å². The molecule has 1 heterocycles. The Labute approximate surface area is 177 Å². The summed E-state index contributed by atoms with van der Waals surface area (Å²) in [5, 5.41) is 20.6. The minimum absolute atomic E-state index is 0.116. The van der Waals surface area contributed by atoms with Gasteiger partial charge in [0.25, 0.3) is 10.1 Å². The summed E-state index contributed by atoms with van der Waals surface area (Å²) < 4.78 is 34.0. The van der Waals surface area contributed by atoms with Crippen molar-refractivity contribution in [2.75, 3.05) is 5.75 Å². The highest BCUT2D eigenvalue weighted by atomic mass is 32.2. The molecule has 4 rings (SSSR count). The Bertz CT molecular complexity index is 1420. The number of nitrogens with zero attached hydrogens (tertiary/aromatic N) is 3. The minimum atomic E-state index is -4.02. The van der Waals surface area contributed by atoms with E-state index in [1.165, 1.54) is 17.6 Å². The molecular formula is C21H19N3O4S2. The normalized spacial score (nSPS) is 13.0. The molecule has 2 N–H and O–H groups in total. The van der Waals surface area contributed by atoms with E-state index in [-0.39, 0.29) is 17.9 Å². The van der Waals surface area contributed by atoms with Crippen molar-refractivity contribution in [1.29, 1.82) is 0 Å². The van der Waals surface area contributed by atoms with Crippen molar-refractivity contribution in [1.82, 2.24) is 4.57 Å². The Balaban J connectivity index is 1.73. The number of para-hydroxylation sites is 1. The van der Waals surface area contributed by atoms with Crippen LogP contribution in [-0.4, -0.2) is 34.6 Å². The molecular weight excluding hydrogens is 422 g/mol. The van der Waals surface area contributed by atoms with Crippen LogP contribution in [0.3, 0.4) is 0 Å². The lowest BCUT2D eigenvalue weighted by molar-refractivity contribution is 0.475. The third-order valence-corrected chi connectivity index (χ3v) is 6.50. The number of phenolic OH excluding ortho intramolecular Hbond substituents is 1. The van der Waals surface area contributed by atoms with Crippen molar-refractivity contribution in [3.63, 3.8) is 0 Å². The number of hydrogen-bond donors (Lipinski definition) is 2. The number of rotatable bonds is 6. The van der Waals surface area contributed by atoms with Crippen LogP contribution in [0.5, 0.6) is 5.75 Å². The van der Waals surface area contributed by atoms with E-state index < -0.39 is 10.1 Å². The number of benzene rings is 3. The van der Waals surface area contributed by atoms with E-state index in [9.17, 15) is 13.5 Å². The number of hydrogen-bond acceptors (Lipinski definition) is 6. The van der Waals surface area contributed by atoms with Crippen molar-refractivity contribution in [3.8, 4) is 5.75 Å². The molecule has 0 bridgehead atoms. The molecule has 0 spiro atoms. The lowest BCUT2D eigenvalue weighted by Gasteiger charge is -2.04. The van der Waals surface area contributed by atoms with E-state index in [0.717, 1.165) is 21.0 Å². The highest BCUT2D eigenvalue weighted by Crippen LogP contribution is 2.25. The second kappa shape index (κ2) is 8.39. The van der Waals surface area contributed by atoms with E-state index in [0.29, 0.717) is 16.9 Å². The highest BCUT2D eigenvalue weighted by molar-refractivity contribution is 7.85. The molecule has 0 unspecified atom stereocenters. The maximum Gasteiger partial charge on any atom is 0.264 e. The predicted molar refractivity (Wildman–Crippen MR) is 120 cm³/mol. The second-order valence-corrected chi connectivity index (χ2v) is 9.29. The number of aromatic hydroxyl groups is 1. The van der Waals surface area contributed by atoms with Crippen LogP contribution in [-0.2, 0) is 16.7 Å². The number of aromatic nitrogens is 1. The molecule has 0 radical (unpaired) electrons. The van der Waals surface area contributed by atoms with E-state index in [1.807, 2.05) is 59.2 Å². The summed E-state index contributed by atoms with van der Waals surface area (Å²) in [6, 6.07) is 18.9. The van der Waals surface area contributed by atoms with Crippen molar-refractivity contribution in [2.45, 2.75) is 13.0 Å². The van der Waals surface area contributed by atoms with Gasteiger partial charge in [-0.15, -0.1) is 5.10 Å². The number of thiazole rings is 1. The highest BCUT2D eigenvalue weighted by Gasteiger charge is 2.09. The van der Waals surface area contributed by atoms with Crippen LogP contribution < -0.4 is 4.80 Å². The quantitative estimate of drug-likeness (QED) is 0.270. The summed E-state index contributed by atoms with van der Waals surface area (Å²) in [6.07, 6.45) is 1.77. The molecule has 7 nitrogen and oxygen atoms in total. The Morgan fingerprint density at radius 1 is 1.03 bits per heavy atom. The second-order valence-electron chi connectivity index (χ2n) is 6.71. The van der Waals surface area contributed by atoms with E-state index >= 15 is 0 Å². The summed E-state index contributed by atoms with van der Waals surface area (Å²) in [6.45, 7) is 0.373. The van der Waals surface area contributed by atoms with Gasteiger partial charge in [-0.3, -0.25) is 4.55 Å². The van der Waals surface area contributed by atoms with Gasteiger partial charge < -0.3 is 9.67 Å². The average Bonchev–Trinajstić information content (AvgIpc) is 3.06. The number of aryl methyl sites for hydroxylation is 1. The first kappa shape index (κ1) is 20.3. The lowest BCUT2D eigenvalue weighted by atomic mass is 10.0. The molecule has 4 aromatic rings. The Morgan fingerprint density at radius 2 is 1.80 bits per heavy atom. The van der Waals surface area contributed by atoms with Gasteiger partial charge in [-0.1, -0.05) is 53.8 Å². The van der Waals surface area contributed by atoms with Crippen LogP contribution >= 0.6 is 11.3 Å². The zero-order chi connectivity index (χ0) is 21.1. The molecule has 3 aromatic carbocycles. The van der Waals surface area contributed by atoms with Crippen LogP contribution in [0, 0.1) is 0 Å². The van der Waals surface area contributed by atoms with Crippen LogP contribution in [0.25, 0.3) is 21.0 Å². The maximum absolute atomic E-state index is 11.1. The minimum Gasteiger partial charge on any atom is -0.507 e. The zero-order valence-electron chi connectivity index (χ0n) is 15.8. The fourth-order valence-corrected chi connectivity index (χ4v) is 4.78. The Morgan fingerprint density at radius 3 is 2.63 bits per heavy atom. The molecule has 0 aliphatic rings. The molecule has 1 aromatic heterocycles. The van der Waals surface area contributed by atoms with Gasteiger partial charge in [0.05, 0.1) is 22.2 Å². The summed E-state index contributed by atoms with van der Waals surface area (Å²) in [5.74, 6) is -0.207. The van der Waals surface area contributed by atoms with E-state index in [4.69, 9.17) is 4.55 Å². The molecule has 0 atom stereocenters. The first-order chi connectivity index (χ1) is 14.4. The van der Waals surface area contributed by atoms with Crippen LogP contribution in [0.15, 0.2) is 70.9 Å². The fraction of sp³-hybridized carbons (Fsp3) is 0.143. The summed E-state index contributed by atoms with van der Waals surface area (Å²) >= 11 is 1.43. The van der Waals surface area contributed by atoms with Gasteiger partial charge in [-0.25, -0.2) is 0 Å². The molecule has 0 amide bonds. The van der Waals surface area contributed by atoms with E-state index in [2.05, 4.69) is 10.2 Å². The van der Waals surface area contributed by atoms with Crippen LogP contribution in [0.1, 0.15) is 12.0 Å². The van der Waals surface area contributed by atoms with Crippen molar-refractivity contribution < 1.29 is 18.1 Å². The fourth-order valence-electron chi connectivity index (χ4n) is 3.27. The lowest BCUT2D eigenvalue weighted by Crippen LogP contribution is -2.17. The zero-order valence-corrected chi connectivity index (χ0v) is 17.5. The smallest absolute Gasteiger partial charge is 0.264 e. The summed E-state index contributed by atoms with van der Waals surface area (Å²) in [5.41, 5.74) is 1.50. The van der Waals surface area contributed by atoms with Gasteiger partial charge in [-0.05, 0) is 35.4 Å². The number of phenols is 1.